The number of esters is 1. The van der Waals surface area contributed by atoms with Crippen molar-refractivity contribution in [3.8, 4) is 0 Å². The van der Waals surface area contributed by atoms with Crippen molar-refractivity contribution in [3.63, 3.8) is 0 Å². The number of nitrogens with two attached hydrogens (primary N) is 1. The molecule has 0 aromatic heterocycles. The van der Waals surface area contributed by atoms with Crippen LogP contribution in [0, 0.1) is 11.3 Å². The molecule has 158 valence electrons. The van der Waals surface area contributed by atoms with Crippen LogP contribution in [-0.2, 0) is 19.1 Å². The number of carbonyl (C=O) groups is 3. The molecule has 0 aliphatic carbocycles. The van der Waals surface area contributed by atoms with E-state index >= 15 is 0 Å². The second kappa shape index (κ2) is 10.5. The van der Waals surface area contributed by atoms with Crippen LogP contribution in [0.1, 0.15) is 74.1 Å². The van der Waals surface area contributed by atoms with E-state index in [-0.39, 0.29) is 29.9 Å². The zero-order valence-corrected chi connectivity index (χ0v) is 18.3. The summed E-state index contributed by atoms with van der Waals surface area (Å²) in [5.41, 5.74) is 4.42. The SMILES string of the molecule is CC(CCCC[C@H](OC(=O)CN(C)C(=O)OC(C)(C)C)C(C)(C)C)C(N)=O. The third kappa shape index (κ3) is 11.5. The highest BCUT2D eigenvalue weighted by Crippen LogP contribution is 2.27. The number of ether oxygens (including phenoxy) is 2. The van der Waals surface area contributed by atoms with E-state index < -0.39 is 17.7 Å². The lowest BCUT2D eigenvalue weighted by atomic mass is 9.85. The summed E-state index contributed by atoms with van der Waals surface area (Å²) in [6.07, 6.45) is 2.24. The van der Waals surface area contributed by atoms with Crippen LogP contribution in [-0.4, -0.2) is 48.2 Å². The summed E-state index contributed by atoms with van der Waals surface area (Å²) in [6.45, 7) is 13.0. The second-order valence-corrected chi connectivity index (χ2v) is 9.27. The van der Waals surface area contributed by atoms with Crippen LogP contribution < -0.4 is 5.73 Å². The Morgan fingerprint density at radius 2 is 1.52 bits per heavy atom. The number of rotatable bonds is 9. The Labute approximate surface area is 163 Å². The number of primary amides is 1. The molecule has 0 rings (SSSR count). The van der Waals surface area contributed by atoms with E-state index in [1.807, 2.05) is 27.7 Å². The first-order valence-corrected chi connectivity index (χ1v) is 9.56. The van der Waals surface area contributed by atoms with Crippen LogP contribution in [0.5, 0.6) is 0 Å². The van der Waals surface area contributed by atoms with Crippen molar-refractivity contribution in [1.29, 1.82) is 0 Å². The van der Waals surface area contributed by atoms with Crippen LogP contribution in [0.25, 0.3) is 0 Å². The monoisotopic (exact) mass is 386 g/mol. The van der Waals surface area contributed by atoms with Gasteiger partial charge in [-0.2, -0.15) is 0 Å². The largest absolute Gasteiger partial charge is 0.460 e. The first-order valence-electron chi connectivity index (χ1n) is 9.56. The van der Waals surface area contributed by atoms with Gasteiger partial charge in [0.2, 0.25) is 5.91 Å². The maximum absolute atomic E-state index is 12.3. The first-order chi connectivity index (χ1) is 12.1. The van der Waals surface area contributed by atoms with Gasteiger partial charge >= 0.3 is 12.1 Å². The van der Waals surface area contributed by atoms with E-state index in [4.69, 9.17) is 15.2 Å². The molecule has 2 N–H and O–H groups in total. The summed E-state index contributed by atoms with van der Waals surface area (Å²) in [5, 5.41) is 0. The highest BCUT2D eigenvalue weighted by Gasteiger charge is 2.29. The van der Waals surface area contributed by atoms with Gasteiger partial charge in [-0.1, -0.05) is 34.1 Å². The highest BCUT2D eigenvalue weighted by molar-refractivity contribution is 5.78. The molecule has 0 aliphatic heterocycles. The van der Waals surface area contributed by atoms with E-state index in [0.29, 0.717) is 6.42 Å². The molecular weight excluding hydrogens is 348 g/mol. The number of amides is 2. The molecule has 7 heteroatoms. The topological polar surface area (TPSA) is 98.9 Å². The molecule has 0 radical (unpaired) electrons. The van der Waals surface area contributed by atoms with Crippen LogP contribution in [0.4, 0.5) is 4.79 Å². The number of hydrogen-bond donors (Lipinski definition) is 1. The molecule has 0 spiro atoms. The molecule has 0 aliphatic rings. The minimum Gasteiger partial charge on any atom is -0.460 e. The van der Waals surface area contributed by atoms with Crippen LogP contribution in [0.15, 0.2) is 0 Å². The number of nitrogens with zero attached hydrogens (tertiary/aromatic N) is 1. The molecule has 7 nitrogen and oxygen atoms in total. The molecule has 0 saturated heterocycles. The van der Waals surface area contributed by atoms with Gasteiger partial charge in [0.1, 0.15) is 18.2 Å². The summed E-state index contributed by atoms with van der Waals surface area (Å²) in [4.78, 5) is 36.5. The Hall–Kier alpha value is -1.79. The maximum atomic E-state index is 12.3. The summed E-state index contributed by atoms with van der Waals surface area (Å²) in [7, 11) is 1.51. The molecule has 1 unspecified atom stereocenters. The Morgan fingerprint density at radius 3 is 1.96 bits per heavy atom. The predicted molar refractivity (Wildman–Crippen MR) is 105 cm³/mol. The van der Waals surface area contributed by atoms with Crippen molar-refractivity contribution in [2.45, 2.75) is 85.9 Å². The quantitative estimate of drug-likeness (QED) is 0.483. The average Bonchev–Trinajstić information content (AvgIpc) is 2.46. The molecular formula is C20H38N2O5. The Morgan fingerprint density at radius 1 is 1.00 bits per heavy atom. The second-order valence-electron chi connectivity index (χ2n) is 9.27. The lowest BCUT2D eigenvalue weighted by Crippen LogP contribution is -2.40. The van der Waals surface area contributed by atoms with Gasteiger partial charge in [-0.25, -0.2) is 4.79 Å². The van der Waals surface area contributed by atoms with Gasteiger partial charge in [0.05, 0.1) is 0 Å². The van der Waals surface area contributed by atoms with Gasteiger partial charge in [0.15, 0.2) is 0 Å². The molecule has 0 bridgehead atoms. The Balaban J connectivity index is 4.57. The van der Waals surface area contributed by atoms with Gasteiger partial charge in [-0.05, 0) is 45.4 Å². The van der Waals surface area contributed by atoms with Gasteiger partial charge in [0.25, 0.3) is 0 Å². The zero-order valence-electron chi connectivity index (χ0n) is 18.3. The van der Waals surface area contributed by atoms with Gasteiger partial charge in [0, 0.05) is 13.0 Å². The van der Waals surface area contributed by atoms with Crippen molar-refractivity contribution in [3.05, 3.63) is 0 Å². The molecule has 0 saturated carbocycles. The molecule has 2 amide bonds. The van der Waals surface area contributed by atoms with Crippen molar-refractivity contribution in [2.75, 3.05) is 13.6 Å². The minimum absolute atomic E-state index is 0.150. The molecule has 0 aromatic carbocycles. The van der Waals surface area contributed by atoms with Gasteiger partial charge in [-0.3, -0.25) is 9.59 Å². The van der Waals surface area contributed by atoms with Crippen molar-refractivity contribution in [2.24, 2.45) is 17.1 Å². The van der Waals surface area contributed by atoms with Gasteiger partial charge < -0.3 is 20.1 Å². The Kier molecular flexibility index (Phi) is 9.82. The van der Waals surface area contributed by atoms with Crippen molar-refractivity contribution in [1.82, 2.24) is 4.90 Å². The molecule has 27 heavy (non-hydrogen) atoms. The van der Waals surface area contributed by atoms with E-state index in [2.05, 4.69) is 0 Å². The van der Waals surface area contributed by atoms with E-state index in [1.54, 1.807) is 20.8 Å². The molecule has 0 fully saturated rings. The number of hydrogen-bond acceptors (Lipinski definition) is 5. The maximum Gasteiger partial charge on any atom is 0.410 e. The lowest BCUT2D eigenvalue weighted by molar-refractivity contribution is -0.156. The van der Waals surface area contributed by atoms with E-state index in [9.17, 15) is 14.4 Å². The molecule has 2 atom stereocenters. The van der Waals surface area contributed by atoms with E-state index in [1.165, 1.54) is 11.9 Å². The summed E-state index contributed by atoms with van der Waals surface area (Å²) >= 11 is 0. The van der Waals surface area contributed by atoms with E-state index in [0.717, 1.165) is 19.3 Å². The number of likely N-dealkylation sites (N-methyl/N-ethyl adjacent to an activating group) is 1. The van der Waals surface area contributed by atoms with Crippen molar-refractivity contribution >= 4 is 18.0 Å². The summed E-state index contributed by atoms with van der Waals surface area (Å²) in [6, 6.07) is 0. The summed E-state index contributed by atoms with van der Waals surface area (Å²) < 4.78 is 10.9. The average molecular weight is 387 g/mol. The smallest absolute Gasteiger partial charge is 0.410 e. The fourth-order valence-electron chi connectivity index (χ4n) is 2.39. The van der Waals surface area contributed by atoms with Crippen molar-refractivity contribution < 1.29 is 23.9 Å². The number of unbranched alkanes of at least 4 members (excludes halogenated alkanes) is 1. The standard InChI is InChI=1S/C20H38N2O5/c1-14(17(21)24)11-9-10-12-15(19(2,3)4)26-16(23)13-22(8)18(25)27-20(5,6)7/h14-15H,9-13H2,1-8H3,(H2,21,24)/t14?,15-/m0/s1. The molecule has 0 heterocycles. The van der Waals surface area contributed by atoms with Crippen LogP contribution >= 0.6 is 0 Å². The van der Waals surface area contributed by atoms with Crippen LogP contribution in [0.2, 0.25) is 0 Å². The zero-order chi connectivity index (χ0) is 21.4. The Bertz CT molecular complexity index is 505. The fourth-order valence-corrected chi connectivity index (χ4v) is 2.39. The predicted octanol–water partition coefficient (Wildman–Crippen LogP) is 3.49. The van der Waals surface area contributed by atoms with Gasteiger partial charge in [-0.15, -0.1) is 0 Å². The van der Waals surface area contributed by atoms with Crippen LogP contribution in [0.3, 0.4) is 0 Å². The minimum atomic E-state index is -0.620. The number of carbonyl (C=O) groups excluding carboxylic acids is 3. The fraction of sp³-hybridized carbons (Fsp3) is 0.850. The third-order valence-corrected chi connectivity index (χ3v) is 4.15. The normalized spacial score (nSPS) is 14.2. The highest BCUT2D eigenvalue weighted by atomic mass is 16.6. The summed E-state index contributed by atoms with van der Waals surface area (Å²) in [5.74, 6) is -0.907. The first kappa shape index (κ1) is 25.2. The third-order valence-electron chi connectivity index (χ3n) is 4.15. The molecule has 0 aromatic rings. The lowest BCUT2D eigenvalue weighted by Gasteiger charge is -2.31.